The van der Waals surface area contributed by atoms with Crippen LogP contribution < -0.4 is 0 Å². The zero-order valence-electron chi connectivity index (χ0n) is 23.0. The third kappa shape index (κ3) is 5.85. The Kier molecular flexibility index (Phi) is 8.76. The molecule has 0 heterocycles. The van der Waals surface area contributed by atoms with Crippen LogP contribution in [0.15, 0.2) is 94.9 Å². The van der Waals surface area contributed by atoms with Crippen LogP contribution >= 0.6 is 7.26 Å². The molecule has 0 aliphatic heterocycles. The first kappa shape index (κ1) is 26.4. The zero-order chi connectivity index (χ0) is 24.9. The average molecular weight is 489 g/mol. The van der Waals surface area contributed by atoms with Gasteiger partial charge in [0.1, 0.15) is 0 Å². The Hall–Kier alpha value is -1.65. The molecule has 35 heavy (non-hydrogen) atoms. The Morgan fingerprint density at radius 1 is 1.03 bits per heavy atom. The first-order chi connectivity index (χ1) is 16.8. The first-order valence-corrected chi connectivity index (χ1v) is 16.6. The van der Waals surface area contributed by atoms with Crippen molar-refractivity contribution in [3.8, 4) is 0 Å². The summed E-state index contributed by atoms with van der Waals surface area (Å²) in [6.07, 6.45) is 40.8. The molecule has 3 unspecified atom stereocenters. The van der Waals surface area contributed by atoms with Gasteiger partial charge in [-0.25, -0.2) is 0 Å². The fourth-order valence-electron chi connectivity index (χ4n) is 7.43. The molecule has 3 atom stereocenters. The molecule has 0 spiro atoms. The zero-order valence-corrected chi connectivity index (χ0v) is 24.0. The number of rotatable bonds is 7. The Morgan fingerprint density at radius 3 is 2.54 bits per heavy atom. The van der Waals surface area contributed by atoms with Gasteiger partial charge in [0.2, 0.25) is 0 Å². The van der Waals surface area contributed by atoms with E-state index in [2.05, 4.69) is 108 Å². The van der Waals surface area contributed by atoms with E-state index in [1.807, 2.05) is 5.31 Å². The Bertz CT molecular complexity index is 1010. The van der Waals surface area contributed by atoms with Crippen molar-refractivity contribution in [2.45, 2.75) is 97.3 Å². The van der Waals surface area contributed by atoms with Crippen LogP contribution in [0, 0.1) is 11.3 Å². The van der Waals surface area contributed by atoms with Crippen molar-refractivity contribution in [2.24, 2.45) is 11.3 Å². The van der Waals surface area contributed by atoms with Crippen molar-refractivity contribution in [3.63, 3.8) is 0 Å². The van der Waals surface area contributed by atoms with Gasteiger partial charge in [0, 0.05) is 0 Å². The van der Waals surface area contributed by atoms with Crippen LogP contribution in [-0.2, 0) is 0 Å². The average Bonchev–Trinajstić information content (AvgIpc) is 2.86. The predicted octanol–water partition coefficient (Wildman–Crippen LogP) is 10.2. The van der Waals surface area contributed by atoms with Crippen LogP contribution in [0.1, 0.15) is 86.0 Å². The van der Waals surface area contributed by atoms with Crippen molar-refractivity contribution >= 4 is 7.26 Å². The molecule has 190 valence electrons. The van der Waals surface area contributed by atoms with Gasteiger partial charge in [0.25, 0.3) is 0 Å². The van der Waals surface area contributed by atoms with Gasteiger partial charge < -0.3 is 0 Å². The fourth-order valence-corrected chi connectivity index (χ4v) is 14.2. The van der Waals surface area contributed by atoms with Crippen molar-refractivity contribution in [1.82, 2.24) is 0 Å². The molecule has 0 saturated carbocycles. The fraction of sp³-hybridized carbons (Fsp3) is 0.529. The summed E-state index contributed by atoms with van der Waals surface area (Å²) in [5, 5.41) is 1.83. The van der Waals surface area contributed by atoms with Crippen LogP contribution in [0.4, 0.5) is 0 Å². The van der Waals surface area contributed by atoms with Crippen LogP contribution in [-0.4, -0.2) is 17.5 Å². The third-order valence-corrected chi connectivity index (χ3v) is 15.9. The SMILES string of the molecule is CC1=C(/C=C/C(C)=C/C[PH](C2=CC=CCC2)(C2C=CC=CC2)C2CC=CCC2C)C(C)(C)CCC1. The van der Waals surface area contributed by atoms with Gasteiger partial charge >= 0.3 is 217 Å². The minimum absolute atomic E-state index is 0.306. The van der Waals surface area contributed by atoms with Crippen LogP contribution in [0.5, 0.6) is 0 Å². The summed E-state index contributed by atoms with van der Waals surface area (Å²) in [4.78, 5) is 0. The van der Waals surface area contributed by atoms with Crippen LogP contribution in [0.3, 0.4) is 0 Å². The Balaban J connectivity index is 1.70. The molecule has 0 aromatic carbocycles. The summed E-state index contributed by atoms with van der Waals surface area (Å²) >= 11 is 0. The maximum atomic E-state index is 2.64. The molecule has 4 aliphatic carbocycles. The molecule has 0 saturated heterocycles. The van der Waals surface area contributed by atoms with E-state index in [4.69, 9.17) is 0 Å². The van der Waals surface area contributed by atoms with E-state index in [0.29, 0.717) is 11.1 Å². The molecule has 0 aromatic rings. The summed E-state index contributed by atoms with van der Waals surface area (Å²) in [5.41, 5.74) is 6.45. The Morgan fingerprint density at radius 2 is 1.86 bits per heavy atom. The van der Waals surface area contributed by atoms with Gasteiger partial charge in [-0.3, -0.25) is 0 Å². The molecule has 0 bridgehead atoms. The summed E-state index contributed by atoms with van der Waals surface area (Å²) in [6.45, 7) is 12.1. The second-order valence-corrected chi connectivity index (χ2v) is 16.9. The van der Waals surface area contributed by atoms with E-state index in [9.17, 15) is 0 Å². The van der Waals surface area contributed by atoms with Gasteiger partial charge in [-0.15, -0.1) is 0 Å². The molecule has 0 radical (unpaired) electrons. The number of hydrogen-bond acceptors (Lipinski definition) is 0. The molecule has 0 nitrogen and oxygen atoms in total. The van der Waals surface area contributed by atoms with Crippen molar-refractivity contribution in [1.29, 1.82) is 0 Å². The molecule has 1 heteroatoms. The van der Waals surface area contributed by atoms with Gasteiger partial charge in [-0.2, -0.15) is 0 Å². The molecule has 0 amide bonds. The molecular weight excluding hydrogens is 439 g/mol. The molecular formula is C34H49P. The van der Waals surface area contributed by atoms with Gasteiger partial charge in [-0.1, -0.05) is 0 Å². The Labute approximate surface area is 216 Å². The summed E-state index contributed by atoms with van der Waals surface area (Å²) < 4.78 is 0. The van der Waals surface area contributed by atoms with Gasteiger partial charge in [0.05, 0.1) is 0 Å². The van der Waals surface area contributed by atoms with Crippen molar-refractivity contribution < 1.29 is 0 Å². The first-order valence-electron chi connectivity index (χ1n) is 14.2. The molecule has 4 aliphatic rings. The van der Waals surface area contributed by atoms with Crippen LogP contribution in [0.2, 0.25) is 0 Å². The number of allylic oxidation sites excluding steroid dienone is 16. The summed E-state index contributed by atoms with van der Waals surface area (Å²) in [6, 6.07) is 0. The molecule has 4 rings (SSSR count). The van der Waals surface area contributed by atoms with Crippen molar-refractivity contribution in [3.05, 3.63) is 94.9 Å². The second kappa shape index (κ2) is 11.6. The third-order valence-electron chi connectivity index (χ3n) is 9.48. The van der Waals surface area contributed by atoms with Crippen LogP contribution in [0.25, 0.3) is 0 Å². The van der Waals surface area contributed by atoms with E-state index < -0.39 is 7.26 Å². The van der Waals surface area contributed by atoms with E-state index in [-0.39, 0.29) is 0 Å². The van der Waals surface area contributed by atoms with E-state index in [1.54, 1.807) is 11.1 Å². The second-order valence-electron chi connectivity index (χ2n) is 12.3. The molecule has 0 N–H and O–H groups in total. The molecule has 0 fully saturated rings. The van der Waals surface area contributed by atoms with E-state index in [0.717, 1.165) is 11.6 Å². The normalized spacial score (nSPS) is 29.7. The maximum absolute atomic E-state index is 2.64. The minimum atomic E-state index is -1.83. The summed E-state index contributed by atoms with van der Waals surface area (Å²) in [5.74, 6) is 0.776. The summed E-state index contributed by atoms with van der Waals surface area (Å²) in [7, 11) is -1.83. The topological polar surface area (TPSA) is 0 Å². The van der Waals surface area contributed by atoms with Gasteiger partial charge in [0.15, 0.2) is 0 Å². The van der Waals surface area contributed by atoms with E-state index >= 15 is 0 Å². The van der Waals surface area contributed by atoms with Crippen molar-refractivity contribution in [2.75, 3.05) is 6.16 Å². The standard InChI is InChI=1S/C34H49P/c1-27(22-23-32-28(2)16-14-25-34(32,4)5)24-26-35(30-17-8-6-9-18-30,31-19-10-7-11-20-31)33-21-13-12-15-29(33)3/h6-10,12-13,17,19,22-24,29-30,33,35H,11,14-16,18,20-21,25-26H2,1-5H3/b23-22+,27-24+. The monoisotopic (exact) mass is 488 g/mol. The van der Waals surface area contributed by atoms with Gasteiger partial charge in [-0.05, 0) is 0 Å². The predicted molar refractivity (Wildman–Crippen MR) is 161 cm³/mol. The number of hydrogen-bond donors (Lipinski definition) is 0. The van der Waals surface area contributed by atoms with E-state index in [1.165, 1.54) is 63.1 Å². The quantitative estimate of drug-likeness (QED) is 0.190. The molecule has 0 aromatic heterocycles.